The van der Waals surface area contributed by atoms with Crippen LogP contribution in [0.2, 0.25) is 0 Å². The Bertz CT molecular complexity index is 344. The van der Waals surface area contributed by atoms with Crippen molar-refractivity contribution in [2.75, 3.05) is 13.2 Å². The highest BCUT2D eigenvalue weighted by Crippen LogP contribution is 2.18. The lowest BCUT2D eigenvalue weighted by molar-refractivity contribution is -0.151. The molecule has 3 unspecified atom stereocenters. The number of carbonyl (C=O) groups is 2. The smallest absolute Gasteiger partial charge is 0.245 e. The van der Waals surface area contributed by atoms with Gasteiger partial charge < -0.3 is 15.0 Å². The zero-order valence-electron chi connectivity index (χ0n) is 13.3. The molecule has 3 atom stereocenters. The Morgan fingerprint density at radius 1 is 1.25 bits per heavy atom. The fourth-order valence-electron chi connectivity index (χ4n) is 2.69. The molecule has 1 saturated heterocycles. The van der Waals surface area contributed by atoms with Crippen LogP contribution in [0.4, 0.5) is 0 Å². The largest absolute Gasteiger partial charge is 0.377 e. The first-order valence-corrected chi connectivity index (χ1v) is 7.63. The Balaban J connectivity index is 2.83. The van der Waals surface area contributed by atoms with Gasteiger partial charge in [0.05, 0.1) is 6.10 Å². The van der Waals surface area contributed by atoms with Crippen LogP contribution in [0.3, 0.4) is 0 Å². The molecular weight excluding hydrogens is 256 g/mol. The van der Waals surface area contributed by atoms with Crippen molar-refractivity contribution in [3.8, 4) is 0 Å². The molecule has 116 valence electrons. The van der Waals surface area contributed by atoms with Crippen molar-refractivity contribution in [2.45, 2.75) is 65.6 Å². The molecule has 5 heteroatoms. The van der Waals surface area contributed by atoms with Gasteiger partial charge in [-0.1, -0.05) is 20.8 Å². The minimum Gasteiger partial charge on any atom is -0.377 e. The Morgan fingerprint density at radius 2 is 1.90 bits per heavy atom. The second kappa shape index (κ2) is 7.62. The summed E-state index contributed by atoms with van der Waals surface area (Å²) in [6, 6.07) is -0.757. The predicted octanol–water partition coefficient (Wildman–Crippen LogP) is 1.56. The van der Waals surface area contributed by atoms with E-state index >= 15 is 0 Å². The number of nitrogens with zero attached hydrogens (tertiary/aromatic N) is 1. The quantitative estimate of drug-likeness (QED) is 0.772. The van der Waals surface area contributed by atoms with Gasteiger partial charge >= 0.3 is 0 Å². The molecule has 0 radical (unpaired) electrons. The van der Waals surface area contributed by atoms with Crippen molar-refractivity contribution in [2.24, 2.45) is 5.92 Å². The van der Waals surface area contributed by atoms with E-state index in [0.29, 0.717) is 31.9 Å². The Labute approximate surface area is 122 Å². The van der Waals surface area contributed by atoms with Gasteiger partial charge in [-0.15, -0.1) is 0 Å². The van der Waals surface area contributed by atoms with Gasteiger partial charge in [0.15, 0.2) is 0 Å². The molecule has 2 amide bonds. The van der Waals surface area contributed by atoms with E-state index in [2.05, 4.69) is 19.2 Å². The maximum absolute atomic E-state index is 12.6. The summed E-state index contributed by atoms with van der Waals surface area (Å²) in [5.41, 5.74) is 0. The maximum atomic E-state index is 12.6. The number of nitrogens with one attached hydrogen (secondary N) is 1. The lowest BCUT2D eigenvalue weighted by atomic mass is 9.97. The SMILES string of the molecule is CCOC(C)CN1C(=O)C(CC(C)C)NC(=O)C1CC. The summed E-state index contributed by atoms with van der Waals surface area (Å²) >= 11 is 0. The predicted molar refractivity (Wildman–Crippen MR) is 78.3 cm³/mol. The summed E-state index contributed by atoms with van der Waals surface area (Å²) in [5.74, 6) is 0.353. The fraction of sp³-hybridized carbons (Fsp3) is 0.867. The zero-order chi connectivity index (χ0) is 15.3. The van der Waals surface area contributed by atoms with Crippen molar-refractivity contribution < 1.29 is 14.3 Å². The summed E-state index contributed by atoms with van der Waals surface area (Å²) in [6.07, 6.45) is 1.26. The molecule has 1 aliphatic heterocycles. The monoisotopic (exact) mass is 284 g/mol. The number of piperazine rings is 1. The van der Waals surface area contributed by atoms with Crippen LogP contribution in [-0.4, -0.2) is 48.1 Å². The van der Waals surface area contributed by atoms with Gasteiger partial charge in [-0.3, -0.25) is 9.59 Å². The number of ether oxygens (including phenoxy) is 1. The number of carbonyl (C=O) groups excluding carboxylic acids is 2. The van der Waals surface area contributed by atoms with Crippen LogP contribution in [0.5, 0.6) is 0 Å². The molecular formula is C15H28N2O3. The van der Waals surface area contributed by atoms with Gasteiger partial charge in [-0.05, 0) is 32.6 Å². The standard InChI is InChI=1S/C15H28N2O3/c1-6-13-14(18)16-12(8-10(3)4)15(19)17(13)9-11(5)20-7-2/h10-13H,6-9H2,1-5H3,(H,16,18). The molecule has 1 N–H and O–H groups in total. The van der Waals surface area contributed by atoms with Crippen LogP contribution in [0.15, 0.2) is 0 Å². The van der Waals surface area contributed by atoms with Crippen molar-refractivity contribution in [3.63, 3.8) is 0 Å². The second-order valence-corrected chi connectivity index (χ2v) is 5.87. The van der Waals surface area contributed by atoms with E-state index in [1.807, 2.05) is 20.8 Å². The number of hydrogen-bond donors (Lipinski definition) is 1. The normalized spacial score (nSPS) is 25.0. The Kier molecular flexibility index (Phi) is 6.46. The molecule has 0 bridgehead atoms. The summed E-state index contributed by atoms with van der Waals surface area (Å²) in [4.78, 5) is 26.4. The topological polar surface area (TPSA) is 58.6 Å². The van der Waals surface area contributed by atoms with Crippen molar-refractivity contribution in [1.82, 2.24) is 10.2 Å². The van der Waals surface area contributed by atoms with E-state index in [4.69, 9.17) is 4.74 Å². The lowest BCUT2D eigenvalue weighted by Crippen LogP contribution is -2.64. The number of rotatable bonds is 7. The number of amides is 2. The summed E-state index contributed by atoms with van der Waals surface area (Å²) in [7, 11) is 0. The van der Waals surface area contributed by atoms with Gasteiger partial charge in [0, 0.05) is 13.2 Å². The molecule has 0 aromatic rings. The molecule has 0 aromatic heterocycles. The second-order valence-electron chi connectivity index (χ2n) is 5.87. The Morgan fingerprint density at radius 3 is 2.40 bits per heavy atom. The van der Waals surface area contributed by atoms with Crippen molar-refractivity contribution in [3.05, 3.63) is 0 Å². The molecule has 0 spiro atoms. The minimum absolute atomic E-state index is 0.0247. The van der Waals surface area contributed by atoms with E-state index in [0.717, 1.165) is 0 Å². The van der Waals surface area contributed by atoms with Crippen LogP contribution < -0.4 is 5.32 Å². The molecule has 20 heavy (non-hydrogen) atoms. The molecule has 1 rings (SSSR count). The first-order chi connectivity index (χ1) is 9.40. The summed E-state index contributed by atoms with van der Waals surface area (Å²) in [5, 5.41) is 2.86. The first-order valence-electron chi connectivity index (χ1n) is 7.63. The Hall–Kier alpha value is -1.10. The third-order valence-electron chi connectivity index (χ3n) is 3.58. The van der Waals surface area contributed by atoms with Crippen molar-refractivity contribution in [1.29, 1.82) is 0 Å². The molecule has 1 heterocycles. The lowest BCUT2D eigenvalue weighted by Gasteiger charge is -2.40. The van der Waals surface area contributed by atoms with Crippen molar-refractivity contribution >= 4 is 11.8 Å². The van der Waals surface area contributed by atoms with Crippen LogP contribution in [0.1, 0.15) is 47.5 Å². The van der Waals surface area contributed by atoms with Crippen LogP contribution in [0, 0.1) is 5.92 Å². The van der Waals surface area contributed by atoms with Gasteiger partial charge in [0.25, 0.3) is 0 Å². The van der Waals surface area contributed by atoms with Gasteiger partial charge in [0.2, 0.25) is 11.8 Å². The molecule has 0 aliphatic carbocycles. The van der Waals surface area contributed by atoms with Crippen LogP contribution in [-0.2, 0) is 14.3 Å². The van der Waals surface area contributed by atoms with E-state index in [1.165, 1.54) is 0 Å². The number of hydrogen-bond acceptors (Lipinski definition) is 3. The average Bonchev–Trinajstić information content (AvgIpc) is 2.35. The third kappa shape index (κ3) is 4.20. The van der Waals surface area contributed by atoms with Gasteiger partial charge in [-0.2, -0.15) is 0 Å². The zero-order valence-corrected chi connectivity index (χ0v) is 13.3. The molecule has 5 nitrogen and oxygen atoms in total. The molecule has 1 aliphatic rings. The van der Waals surface area contributed by atoms with E-state index in [1.54, 1.807) is 4.90 Å². The van der Waals surface area contributed by atoms with E-state index in [9.17, 15) is 9.59 Å². The van der Waals surface area contributed by atoms with E-state index < -0.39 is 0 Å². The molecule has 0 saturated carbocycles. The maximum Gasteiger partial charge on any atom is 0.245 e. The molecule has 0 aromatic carbocycles. The van der Waals surface area contributed by atoms with Gasteiger partial charge in [-0.25, -0.2) is 0 Å². The average molecular weight is 284 g/mol. The van der Waals surface area contributed by atoms with Gasteiger partial charge in [0.1, 0.15) is 12.1 Å². The highest BCUT2D eigenvalue weighted by molar-refractivity contribution is 5.96. The first kappa shape index (κ1) is 17.0. The summed E-state index contributed by atoms with van der Waals surface area (Å²) in [6.45, 7) is 11.0. The van der Waals surface area contributed by atoms with E-state index in [-0.39, 0.29) is 30.0 Å². The summed E-state index contributed by atoms with van der Waals surface area (Å²) < 4.78 is 5.51. The molecule has 1 fully saturated rings. The fourth-order valence-corrected chi connectivity index (χ4v) is 2.69. The van der Waals surface area contributed by atoms with Crippen LogP contribution >= 0.6 is 0 Å². The third-order valence-corrected chi connectivity index (χ3v) is 3.58. The highest BCUT2D eigenvalue weighted by atomic mass is 16.5. The minimum atomic E-state index is -0.390. The highest BCUT2D eigenvalue weighted by Gasteiger charge is 2.40. The van der Waals surface area contributed by atoms with Crippen LogP contribution in [0.25, 0.3) is 0 Å².